The first-order chi connectivity index (χ1) is 9.25. The monoisotopic (exact) mass is 256 g/mol. The molecule has 5 aliphatic carbocycles. The quantitative estimate of drug-likeness (QED) is 0.852. The molecule has 5 saturated carbocycles. The molecule has 1 heterocycles. The van der Waals surface area contributed by atoms with E-state index in [2.05, 4.69) is 28.8 Å². The van der Waals surface area contributed by atoms with E-state index in [4.69, 9.17) is 0 Å². The second-order valence-corrected chi connectivity index (χ2v) is 8.04. The SMILES string of the molecule is c1cc(C23CC4CC(CC(NC5CC5)(C4)C2)C3)c[nH]1. The van der Waals surface area contributed by atoms with Gasteiger partial charge in [0.2, 0.25) is 0 Å². The molecule has 2 heteroatoms. The van der Waals surface area contributed by atoms with Crippen LogP contribution in [0, 0.1) is 11.8 Å². The van der Waals surface area contributed by atoms with Crippen LogP contribution >= 0.6 is 0 Å². The van der Waals surface area contributed by atoms with E-state index in [9.17, 15) is 0 Å². The van der Waals surface area contributed by atoms with E-state index in [0.717, 1.165) is 17.9 Å². The predicted octanol–water partition coefficient (Wildman–Crippen LogP) is 3.36. The van der Waals surface area contributed by atoms with Crippen LogP contribution in [0.1, 0.15) is 56.9 Å². The molecule has 0 saturated heterocycles. The fourth-order valence-electron chi connectivity index (χ4n) is 6.08. The molecule has 2 nitrogen and oxygen atoms in total. The standard InChI is InChI=1S/C17H24N2/c1-2-15(1)19-17-8-12-5-13(9-17)7-16(6-12,11-17)14-3-4-18-10-14/h3-4,10,12-13,15,18-19H,1-2,5-9,11H2. The van der Waals surface area contributed by atoms with Crippen LogP contribution in [-0.4, -0.2) is 16.6 Å². The lowest BCUT2D eigenvalue weighted by Crippen LogP contribution is -2.63. The van der Waals surface area contributed by atoms with Gasteiger partial charge in [-0.15, -0.1) is 0 Å². The van der Waals surface area contributed by atoms with Crippen LogP contribution in [0.3, 0.4) is 0 Å². The highest BCUT2D eigenvalue weighted by Crippen LogP contribution is 2.62. The number of rotatable bonds is 3. The van der Waals surface area contributed by atoms with E-state index in [1.165, 1.54) is 51.4 Å². The van der Waals surface area contributed by atoms with Crippen molar-refractivity contribution < 1.29 is 0 Å². The van der Waals surface area contributed by atoms with Gasteiger partial charge >= 0.3 is 0 Å². The average Bonchev–Trinajstić information content (AvgIpc) is 2.97. The summed E-state index contributed by atoms with van der Waals surface area (Å²) in [6, 6.07) is 3.21. The Bertz CT molecular complexity index is 466. The first-order valence-electron chi connectivity index (χ1n) is 8.16. The van der Waals surface area contributed by atoms with E-state index >= 15 is 0 Å². The fraction of sp³-hybridized carbons (Fsp3) is 0.765. The molecule has 0 aliphatic heterocycles. The Morgan fingerprint density at radius 1 is 1.11 bits per heavy atom. The Labute approximate surface area is 115 Å². The number of aromatic amines is 1. The summed E-state index contributed by atoms with van der Waals surface area (Å²) in [6.07, 6.45) is 16.0. The van der Waals surface area contributed by atoms with Crippen LogP contribution in [0.2, 0.25) is 0 Å². The molecule has 0 amide bonds. The van der Waals surface area contributed by atoms with Crippen molar-refractivity contribution in [3.05, 3.63) is 24.0 Å². The molecular formula is C17H24N2. The summed E-state index contributed by atoms with van der Waals surface area (Å²) in [5.41, 5.74) is 2.61. The van der Waals surface area contributed by atoms with Crippen molar-refractivity contribution in [3.8, 4) is 0 Å². The highest BCUT2D eigenvalue weighted by atomic mass is 15.1. The lowest BCUT2D eigenvalue weighted by Gasteiger charge is -2.62. The van der Waals surface area contributed by atoms with Crippen molar-refractivity contribution >= 4 is 0 Å². The molecule has 1 aromatic rings. The van der Waals surface area contributed by atoms with Crippen molar-refractivity contribution in [2.75, 3.05) is 0 Å². The highest BCUT2D eigenvalue weighted by molar-refractivity contribution is 5.30. The van der Waals surface area contributed by atoms with Crippen molar-refractivity contribution in [1.29, 1.82) is 0 Å². The zero-order valence-electron chi connectivity index (χ0n) is 11.6. The third-order valence-electron chi connectivity index (χ3n) is 6.36. The topological polar surface area (TPSA) is 27.8 Å². The molecule has 0 aromatic carbocycles. The summed E-state index contributed by atoms with van der Waals surface area (Å²) in [5, 5.41) is 4.07. The Balaban J connectivity index is 1.54. The summed E-state index contributed by atoms with van der Waals surface area (Å²) in [6.45, 7) is 0. The Morgan fingerprint density at radius 2 is 1.89 bits per heavy atom. The second kappa shape index (κ2) is 3.46. The molecule has 19 heavy (non-hydrogen) atoms. The van der Waals surface area contributed by atoms with Crippen LogP contribution < -0.4 is 5.32 Å². The smallest absolute Gasteiger partial charge is 0.0197 e. The van der Waals surface area contributed by atoms with Gasteiger partial charge < -0.3 is 10.3 Å². The Hall–Kier alpha value is -0.760. The van der Waals surface area contributed by atoms with Crippen molar-refractivity contribution in [2.24, 2.45) is 11.8 Å². The maximum atomic E-state index is 4.07. The first-order valence-corrected chi connectivity index (χ1v) is 8.16. The maximum Gasteiger partial charge on any atom is 0.0197 e. The van der Waals surface area contributed by atoms with Crippen molar-refractivity contribution in [2.45, 2.75) is 68.4 Å². The molecule has 0 radical (unpaired) electrons. The molecule has 102 valence electrons. The van der Waals surface area contributed by atoms with Crippen molar-refractivity contribution in [3.63, 3.8) is 0 Å². The fourth-order valence-corrected chi connectivity index (χ4v) is 6.08. The maximum absolute atomic E-state index is 4.07. The number of H-pyrrole nitrogens is 1. The van der Waals surface area contributed by atoms with Gasteiger partial charge in [0.1, 0.15) is 0 Å². The van der Waals surface area contributed by atoms with Crippen LogP contribution in [0.15, 0.2) is 18.5 Å². The molecule has 0 spiro atoms. The third-order valence-corrected chi connectivity index (χ3v) is 6.36. The van der Waals surface area contributed by atoms with Gasteiger partial charge in [-0.1, -0.05) is 0 Å². The van der Waals surface area contributed by atoms with Gasteiger partial charge in [-0.05, 0) is 80.2 Å². The first kappa shape index (κ1) is 11.0. The summed E-state index contributed by atoms with van der Waals surface area (Å²) < 4.78 is 0. The Kier molecular flexibility index (Phi) is 2.00. The summed E-state index contributed by atoms with van der Waals surface area (Å²) in [7, 11) is 0. The number of aromatic nitrogens is 1. The second-order valence-electron chi connectivity index (χ2n) is 8.04. The van der Waals surface area contributed by atoms with E-state index in [-0.39, 0.29) is 0 Å². The molecular weight excluding hydrogens is 232 g/mol. The normalized spacial score (nSPS) is 47.8. The van der Waals surface area contributed by atoms with Gasteiger partial charge in [0.25, 0.3) is 0 Å². The highest BCUT2D eigenvalue weighted by Gasteiger charge is 2.58. The number of nitrogens with one attached hydrogen (secondary N) is 2. The largest absolute Gasteiger partial charge is 0.367 e. The van der Waals surface area contributed by atoms with Crippen LogP contribution in [-0.2, 0) is 5.41 Å². The number of hydrogen-bond donors (Lipinski definition) is 2. The minimum atomic E-state index is 0.502. The lowest BCUT2D eigenvalue weighted by atomic mass is 9.45. The lowest BCUT2D eigenvalue weighted by molar-refractivity contribution is -0.0415. The summed E-state index contributed by atoms with van der Waals surface area (Å²) >= 11 is 0. The molecule has 5 aliphatic rings. The van der Waals surface area contributed by atoms with Crippen molar-refractivity contribution in [1.82, 2.24) is 10.3 Å². The minimum absolute atomic E-state index is 0.502. The van der Waals surface area contributed by atoms with Gasteiger partial charge in [-0.2, -0.15) is 0 Å². The van der Waals surface area contributed by atoms with E-state index in [1.54, 1.807) is 5.56 Å². The predicted molar refractivity (Wildman–Crippen MR) is 76.0 cm³/mol. The molecule has 5 fully saturated rings. The summed E-state index contributed by atoms with van der Waals surface area (Å²) in [5.74, 6) is 1.98. The van der Waals surface area contributed by atoms with Crippen LogP contribution in [0.25, 0.3) is 0 Å². The molecule has 6 rings (SSSR count). The Morgan fingerprint density at radius 3 is 2.53 bits per heavy atom. The minimum Gasteiger partial charge on any atom is -0.367 e. The molecule has 4 bridgehead atoms. The van der Waals surface area contributed by atoms with Gasteiger partial charge in [0, 0.05) is 24.0 Å². The van der Waals surface area contributed by atoms with Crippen LogP contribution in [0.4, 0.5) is 0 Å². The molecule has 1 aromatic heterocycles. The average molecular weight is 256 g/mol. The summed E-state index contributed by atoms with van der Waals surface area (Å²) in [4.78, 5) is 3.30. The molecule has 2 unspecified atom stereocenters. The van der Waals surface area contributed by atoms with E-state index in [1.807, 2.05) is 0 Å². The van der Waals surface area contributed by atoms with Gasteiger partial charge in [0.15, 0.2) is 0 Å². The zero-order chi connectivity index (χ0) is 12.5. The molecule has 2 atom stereocenters. The third kappa shape index (κ3) is 1.59. The zero-order valence-corrected chi connectivity index (χ0v) is 11.6. The number of hydrogen-bond acceptors (Lipinski definition) is 1. The molecule has 2 N–H and O–H groups in total. The van der Waals surface area contributed by atoms with E-state index < -0.39 is 0 Å². The van der Waals surface area contributed by atoms with Gasteiger partial charge in [-0.3, -0.25) is 0 Å². The van der Waals surface area contributed by atoms with Gasteiger partial charge in [0.05, 0.1) is 0 Å². The van der Waals surface area contributed by atoms with Crippen LogP contribution in [0.5, 0.6) is 0 Å². The van der Waals surface area contributed by atoms with Gasteiger partial charge in [-0.25, -0.2) is 0 Å². The van der Waals surface area contributed by atoms with E-state index in [0.29, 0.717) is 11.0 Å².